The van der Waals surface area contributed by atoms with Gasteiger partial charge in [-0.15, -0.1) is 0 Å². The van der Waals surface area contributed by atoms with E-state index in [0.29, 0.717) is 5.69 Å². The van der Waals surface area contributed by atoms with Crippen LogP contribution in [-0.4, -0.2) is 12.5 Å². The molecule has 4 heteroatoms. The predicted molar refractivity (Wildman–Crippen MR) is 79.3 cm³/mol. The molecule has 104 valence electrons. The van der Waals surface area contributed by atoms with Crippen LogP contribution in [-0.2, 0) is 11.2 Å². The summed E-state index contributed by atoms with van der Waals surface area (Å²) in [7, 11) is 0. The van der Waals surface area contributed by atoms with Crippen molar-refractivity contribution in [1.29, 1.82) is 0 Å². The van der Waals surface area contributed by atoms with Gasteiger partial charge < -0.3 is 10.6 Å². The fourth-order valence-corrected chi connectivity index (χ4v) is 1.93. The van der Waals surface area contributed by atoms with Crippen molar-refractivity contribution in [2.45, 2.75) is 13.3 Å². The molecule has 0 aliphatic rings. The molecule has 1 amide bonds. The third kappa shape index (κ3) is 3.57. The molecule has 0 spiro atoms. The summed E-state index contributed by atoms with van der Waals surface area (Å²) in [4.78, 5) is 11.9. The normalized spacial score (nSPS) is 10.1. The topological polar surface area (TPSA) is 41.1 Å². The van der Waals surface area contributed by atoms with E-state index >= 15 is 0 Å². The van der Waals surface area contributed by atoms with Crippen LogP contribution in [0.15, 0.2) is 48.5 Å². The smallest absolute Gasteiger partial charge is 0.243 e. The van der Waals surface area contributed by atoms with Crippen LogP contribution in [0.2, 0.25) is 0 Å². The first-order valence-corrected chi connectivity index (χ1v) is 6.57. The number of aryl methyl sites for hydroxylation is 1. The largest absolute Gasteiger partial charge is 0.374 e. The van der Waals surface area contributed by atoms with Crippen molar-refractivity contribution in [3.8, 4) is 0 Å². The van der Waals surface area contributed by atoms with Gasteiger partial charge in [0, 0.05) is 5.69 Å². The molecule has 0 saturated carbocycles. The minimum atomic E-state index is -0.366. The summed E-state index contributed by atoms with van der Waals surface area (Å²) in [5.41, 5.74) is 2.20. The molecule has 2 N–H and O–H groups in total. The van der Waals surface area contributed by atoms with Gasteiger partial charge in [-0.1, -0.05) is 37.3 Å². The zero-order chi connectivity index (χ0) is 14.4. The third-order valence-corrected chi connectivity index (χ3v) is 2.99. The number of carbonyl (C=O) groups is 1. The Kier molecular flexibility index (Phi) is 4.71. The van der Waals surface area contributed by atoms with Crippen LogP contribution in [0, 0.1) is 5.82 Å². The first kappa shape index (κ1) is 14.1. The fraction of sp³-hybridized carbons (Fsp3) is 0.188. The quantitative estimate of drug-likeness (QED) is 0.875. The van der Waals surface area contributed by atoms with Gasteiger partial charge in [0.2, 0.25) is 5.91 Å². The molecule has 0 heterocycles. The van der Waals surface area contributed by atoms with Gasteiger partial charge in [0.15, 0.2) is 0 Å². The highest BCUT2D eigenvalue weighted by molar-refractivity contribution is 5.94. The molecular weight excluding hydrogens is 255 g/mol. The van der Waals surface area contributed by atoms with Gasteiger partial charge in [-0.05, 0) is 30.2 Å². The molecule has 2 rings (SSSR count). The Hall–Kier alpha value is -2.36. The Morgan fingerprint density at radius 3 is 2.40 bits per heavy atom. The average Bonchev–Trinajstić information content (AvgIpc) is 2.47. The Morgan fingerprint density at radius 1 is 1.05 bits per heavy atom. The predicted octanol–water partition coefficient (Wildman–Crippen LogP) is 3.44. The summed E-state index contributed by atoms with van der Waals surface area (Å²) < 4.78 is 13.4. The van der Waals surface area contributed by atoms with Crippen molar-refractivity contribution in [3.63, 3.8) is 0 Å². The van der Waals surface area contributed by atoms with E-state index in [1.54, 1.807) is 18.2 Å². The van der Waals surface area contributed by atoms with Gasteiger partial charge in [0.05, 0.1) is 12.2 Å². The highest BCUT2D eigenvalue weighted by atomic mass is 19.1. The molecule has 3 nitrogen and oxygen atoms in total. The van der Waals surface area contributed by atoms with E-state index in [-0.39, 0.29) is 18.3 Å². The Labute approximate surface area is 117 Å². The van der Waals surface area contributed by atoms with E-state index in [2.05, 4.69) is 10.6 Å². The standard InChI is InChI=1S/C16H17FN2O/c1-2-12-7-3-5-9-14(12)19-16(20)11-18-15-10-6-4-8-13(15)17/h3-10,18H,2,11H2,1H3,(H,19,20). The average molecular weight is 272 g/mol. The summed E-state index contributed by atoms with van der Waals surface area (Å²) in [6.07, 6.45) is 0.844. The number of hydrogen-bond acceptors (Lipinski definition) is 2. The van der Waals surface area contributed by atoms with Crippen molar-refractivity contribution in [1.82, 2.24) is 0 Å². The van der Waals surface area contributed by atoms with Crippen LogP contribution in [0.25, 0.3) is 0 Å². The molecule has 2 aromatic carbocycles. The van der Waals surface area contributed by atoms with Crippen molar-refractivity contribution in [2.75, 3.05) is 17.2 Å². The van der Waals surface area contributed by atoms with Crippen LogP contribution < -0.4 is 10.6 Å². The summed E-state index contributed by atoms with van der Waals surface area (Å²) >= 11 is 0. The second-order valence-corrected chi connectivity index (χ2v) is 4.39. The SMILES string of the molecule is CCc1ccccc1NC(=O)CNc1ccccc1F. The number of para-hydroxylation sites is 2. The second-order valence-electron chi connectivity index (χ2n) is 4.39. The molecular formula is C16H17FN2O. The molecule has 0 aromatic heterocycles. The van der Waals surface area contributed by atoms with E-state index in [4.69, 9.17) is 0 Å². The molecule has 0 radical (unpaired) electrons. The van der Waals surface area contributed by atoms with E-state index in [1.165, 1.54) is 6.07 Å². The van der Waals surface area contributed by atoms with Gasteiger partial charge in [0.1, 0.15) is 5.82 Å². The maximum absolute atomic E-state index is 13.4. The van der Waals surface area contributed by atoms with E-state index in [9.17, 15) is 9.18 Å². The van der Waals surface area contributed by atoms with Gasteiger partial charge in [-0.2, -0.15) is 0 Å². The Balaban J connectivity index is 1.95. The van der Waals surface area contributed by atoms with Gasteiger partial charge in [0.25, 0.3) is 0 Å². The fourth-order valence-electron chi connectivity index (χ4n) is 1.93. The lowest BCUT2D eigenvalue weighted by Gasteiger charge is -2.11. The molecule has 0 aliphatic heterocycles. The Bertz CT molecular complexity index is 599. The molecule has 2 aromatic rings. The monoisotopic (exact) mass is 272 g/mol. The Morgan fingerprint density at radius 2 is 1.70 bits per heavy atom. The highest BCUT2D eigenvalue weighted by Gasteiger charge is 2.06. The van der Waals surface area contributed by atoms with Crippen LogP contribution >= 0.6 is 0 Å². The molecule has 0 atom stereocenters. The molecule has 0 bridgehead atoms. The van der Waals surface area contributed by atoms with Crippen LogP contribution in [0.5, 0.6) is 0 Å². The lowest BCUT2D eigenvalue weighted by atomic mass is 10.1. The highest BCUT2D eigenvalue weighted by Crippen LogP contribution is 2.16. The maximum Gasteiger partial charge on any atom is 0.243 e. The second kappa shape index (κ2) is 6.70. The number of hydrogen-bond donors (Lipinski definition) is 2. The zero-order valence-electron chi connectivity index (χ0n) is 11.3. The van der Waals surface area contributed by atoms with Crippen LogP contribution in [0.1, 0.15) is 12.5 Å². The van der Waals surface area contributed by atoms with Crippen LogP contribution in [0.3, 0.4) is 0 Å². The van der Waals surface area contributed by atoms with E-state index < -0.39 is 0 Å². The van der Waals surface area contributed by atoms with E-state index in [0.717, 1.165) is 17.7 Å². The van der Waals surface area contributed by atoms with Crippen molar-refractivity contribution < 1.29 is 9.18 Å². The number of rotatable bonds is 5. The zero-order valence-corrected chi connectivity index (χ0v) is 11.3. The summed E-state index contributed by atoms with van der Waals surface area (Å²) in [6, 6.07) is 13.9. The number of amides is 1. The first-order chi connectivity index (χ1) is 9.70. The molecule has 0 unspecified atom stereocenters. The van der Waals surface area contributed by atoms with Gasteiger partial charge >= 0.3 is 0 Å². The number of benzene rings is 2. The minimum absolute atomic E-state index is 0.0268. The summed E-state index contributed by atoms with van der Waals surface area (Å²) in [5.74, 6) is -0.566. The minimum Gasteiger partial charge on any atom is -0.374 e. The van der Waals surface area contributed by atoms with Gasteiger partial charge in [-0.3, -0.25) is 4.79 Å². The lowest BCUT2D eigenvalue weighted by molar-refractivity contribution is -0.114. The molecule has 0 saturated heterocycles. The van der Waals surface area contributed by atoms with Crippen molar-refractivity contribution in [3.05, 3.63) is 59.9 Å². The number of carbonyl (C=O) groups excluding carboxylic acids is 1. The van der Waals surface area contributed by atoms with Crippen molar-refractivity contribution in [2.24, 2.45) is 0 Å². The van der Waals surface area contributed by atoms with Crippen LogP contribution in [0.4, 0.5) is 15.8 Å². The molecule has 0 fully saturated rings. The van der Waals surface area contributed by atoms with E-state index in [1.807, 2.05) is 31.2 Å². The first-order valence-electron chi connectivity index (χ1n) is 6.57. The number of halogens is 1. The lowest BCUT2D eigenvalue weighted by Crippen LogP contribution is -2.22. The van der Waals surface area contributed by atoms with Crippen molar-refractivity contribution >= 4 is 17.3 Å². The number of anilines is 2. The molecule has 0 aliphatic carbocycles. The number of nitrogens with one attached hydrogen (secondary N) is 2. The third-order valence-electron chi connectivity index (χ3n) is 2.99. The summed E-state index contributed by atoms with van der Waals surface area (Å²) in [6.45, 7) is 2.06. The summed E-state index contributed by atoms with van der Waals surface area (Å²) in [5, 5.41) is 5.61. The molecule has 20 heavy (non-hydrogen) atoms. The maximum atomic E-state index is 13.4. The van der Waals surface area contributed by atoms with Gasteiger partial charge in [-0.25, -0.2) is 4.39 Å².